The smallest absolute Gasteiger partial charge is 0.169 e. The van der Waals surface area contributed by atoms with E-state index >= 15 is 0 Å². The molecule has 84 valence electrons. The van der Waals surface area contributed by atoms with Gasteiger partial charge < -0.3 is 0 Å². The minimum atomic E-state index is -4.37. The molecule has 1 atom stereocenters. The summed E-state index contributed by atoms with van der Waals surface area (Å²) in [7, 11) is 0. The summed E-state index contributed by atoms with van der Waals surface area (Å²) in [6, 6.07) is 2.43. The van der Waals surface area contributed by atoms with Crippen LogP contribution in [0.4, 0.5) is 13.2 Å². The zero-order chi connectivity index (χ0) is 11.8. The highest BCUT2D eigenvalue weighted by Gasteiger charge is 2.39. The normalized spacial score (nSPS) is 14.1. The Hall–Kier alpha value is 0.550. The van der Waals surface area contributed by atoms with Gasteiger partial charge in [0.05, 0.1) is 14.5 Å². The lowest BCUT2D eigenvalue weighted by molar-refractivity contribution is -0.128. The maximum absolute atomic E-state index is 12.4. The number of rotatable bonds is 1. The molecule has 0 spiro atoms. The maximum atomic E-state index is 12.4. The Kier molecular flexibility index (Phi) is 4.37. The van der Waals surface area contributed by atoms with Crippen molar-refractivity contribution in [1.29, 1.82) is 0 Å². The molecule has 0 N–H and O–H groups in total. The summed E-state index contributed by atoms with van der Waals surface area (Å²) < 4.78 is 37.4. The Morgan fingerprint density at radius 1 is 1.13 bits per heavy atom. The molecule has 0 saturated carbocycles. The number of hydrogen-bond acceptors (Lipinski definition) is 0. The highest BCUT2D eigenvalue weighted by Crippen LogP contribution is 2.43. The second kappa shape index (κ2) is 4.82. The summed E-state index contributed by atoms with van der Waals surface area (Å²) in [4.78, 5) is -1.77. The van der Waals surface area contributed by atoms with E-state index in [-0.39, 0.29) is 15.6 Å². The van der Waals surface area contributed by atoms with Crippen LogP contribution in [0.15, 0.2) is 16.6 Å². The SMILES string of the molecule is FC(F)(F)C(Br)c1cc(Cl)c(Br)c(Cl)c1. The lowest BCUT2D eigenvalue weighted by atomic mass is 10.1. The third-order valence-corrected chi connectivity index (χ3v) is 4.54. The zero-order valence-electron chi connectivity index (χ0n) is 6.88. The third kappa shape index (κ3) is 3.25. The summed E-state index contributed by atoms with van der Waals surface area (Å²) in [5, 5.41) is 0.289. The van der Waals surface area contributed by atoms with Crippen molar-refractivity contribution < 1.29 is 13.2 Å². The first-order chi connectivity index (χ1) is 6.73. The predicted octanol–water partition coefficient (Wildman–Crippen LogP) is 5.75. The molecule has 0 fully saturated rings. The minimum absolute atomic E-state index is 0.0271. The first-order valence-corrected chi connectivity index (χ1v) is 6.05. The topological polar surface area (TPSA) is 0 Å². The van der Waals surface area contributed by atoms with Crippen molar-refractivity contribution in [2.24, 2.45) is 0 Å². The van der Waals surface area contributed by atoms with Crippen molar-refractivity contribution >= 4 is 55.1 Å². The Labute approximate surface area is 111 Å². The molecule has 1 aromatic rings. The summed E-state index contributed by atoms with van der Waals surface area (Å²) in [6.45, 7) is 0. The molecule has 15 heavy (non-hydrogen) atoms. The average Bonchev–Trinajstić information content (AvgIpc) is 2.10. The van der Waals surface area contributed by atoms with Crippen LogP contribution in [0.25, 0.3) is 0 Å². The molecule has 1 rings (SSSR count). The van der Waals surface area contributed by atoms with E-state index in [9.17, 15) is 13.2 Å². The van der Waals surface area contributed by atoms with Crippen LogP contribution >= 0.6 is 55.1 Å². The van der Waals surface area contributed by atoms with Crippen LogP contribution in [0.1, 0.15) is 10.4 Å². The Balaban J connectivity index is 3.17. The molecule has 0 bridgehead atoms. The highest BCUT2D eigenvalue weighted by atomic mass is 79.9. The molecule has 1 aromatic carbocycles. The number of halogens is 7. The molecule has 0 nitrogen and oxygen atoms in total. The second-order valence-electron chi connectivity index (χ2n) is 2.70. The van der Waals surface area contributed by atoms with Crippen molar-refractivity contribution in [2.75, 3.05) is 0 Å². The van der Waals surface area contributed by atoms with Gasteiger partial charge in [-0.1, -0.05) is 39.1 Å². The monoisotopic (exact) mass is 384 g/mol. The van der Waals surface area contributed by atoms with Crippen molar-refractivity contribution in [3.8, 4) is 0 Å². The van der Waals surface area contributed by atoms with Gasteiger partial charge in [-0.15, -0.1) is 0 Å². The Morgan fingerprint density at radius 3 is 1.87 bits per heavy atom. The number of benzene rings is 1. The van der Waals surface area contributed by atoms with Crippen molar-refractivity contribution in [3.63, 3.8) is 0 Å². The van der Waals surface area contributed by atoms with Crippen LogP contribution in [-0.4, -0.2) is 6.18 Å². The predicted molar refractivity (Wildman–Crippen MR) is 61.9 cm³/mol. The van der Waals surface area contributed by atoms with Crippen LogP contribution < -0.4 is 0 Å². The van der Waals surface area contributed by atoms with Crippen LogP contribution in [0.5, 0.6) is 0 Å². The van der Waals surface area contributed by atoms with Gasteiger partial charge in [-0.05, 0) is 33.6 Å². The van der Waals surface area contributed by atoms with Crippen LogP contribution in [-0.2, 0) is 0 Å². The lowest BCUT2D eigenvalue weighted by Gasteiger charge is -2.15. The van der Waals surface area contributed by atoms with E-state index in [0.717, 1.165) is 0 Å². The molecule has 0 aliphatic heterocycles. The van der Waals surface area contributed by atoms with Gasteiger partial charge in [-0.3, -0.25) is 0 Å². The highest BCUT2D eigenvalue weighted by molar-refractivity contribution is 9.10. The van der Waals surface area contributed by atoms with E-state index in [0.29, 0.717) is 4.47 Å². The van der Waals surface area contributed by atoms with E-state index < -0.39 is 11.0 Å². The van der Waals surface area contributed by atoms with Gasteiger partial charge in [0, 0.05) is 0 Å². The molecule has 0 aliphatic carbocycles. The summed E-state index contributed by atoms with van der Waals surface area (Å²) >= 11 is 17.0. The molecule has 7 heteroatoms. The fourth-order valence-corrected chi connectivity index (χ4v) is 1.91. The molecule has 0 aromatic heterocycles. The molecule has 0 heterocycles. The van der Waals surface area contributed by atoms with Crippen molar-refractivity contribution in [1.82, 2.24) is 0 Å². The van der Waals surface area contributed by atoms with Crippen molar-refractivity contribution in [2.45, 2.75) is 11.0 Å². The Morgan fingerprint density at radius 2 is 1.53 bits per heavy atom. The lowest BCUT2D eigenvalue weighted by Crippen LogP contribution is -2.15. The quantitative estimate of drug-likeness (QED) is 0.425. The van der Waals surface area contributed by atoms with Gasteiger partial charge in [-0.2, -0.15) is 13.2 Å². The van der Waals surface area contributed by atoms with E-state index in [1.165, 1.54) is 12.1 Å². The van der Waals surface area contributed by atoms with Gasteiger partial charge in [0.15, 0.2) is 0 Å². The molecule has 0 saturated heterocycles. The van der Waals surface area contributed by atoms with Gasteiger partial charge in [0.2, 0.25) is 0 Å². The molecular weight excluding hydrogens is 384 g/mol. The summed E-state index contributed by atoms with van der Waals surface area (Å²) in [6.07, 6.45) is -4.37. The molecule has 1 unspecified atom stereocenters. The van der Waals surface area contributed by atoms with Crippen molar-refractivity contribution in [3.05, 3.63) is 32.2 Å². The van der Waals surface area contributed by atoms with Gasteiger partial charge in [0.25, 0.3) is 0 Å². The summed E-state index contributed by atoms with van der Waals surface area (Å²) in [5.74, 6) is 0. The van der Waals surface area contributed by atoms with E-state index in [1.54, 1.807) is 0 Å². The molecular formula is C8H3Br2Cl2F3. The average molecular weight is 387 g/mol. The molecule has 0 amide bonds. The van der Waals surface area contributed by atoms with Gasteiger partial charge >= 0.3 is 6.18 Å². The second-order valence-corrected chi connectivity index (χ2v) is 5.23. The Bertz CT molecular complexity index is 356. The standard InChI is InChI=1S/C8H3Br2Cl2F3/c9-6-4(11)1-3(2-5(6)12)7(10)8(13,14)15/h1-2,7H. The van der Waals surface area contributed by atoms with Crippen LogP contribution in [0, 0.1) is 0 Å². The van der Waals surface area contributed by atoms with E-state index in [4.69, 9.17) is 23.2 Å². The van der Waals surface area contributed by atoms with Gasteiger partial charge in [-0.25, -0.2) is 0 Å². The van der Waals surface area contributed by atoms with E-state index in [2.05, 4.69) is 31.9 Å². The zero-order valence-corrected chi connectivity index (χ0v) is 11.6. The maximum Gasteiger partial charge on any atom is 0.405 e. The fraction of sp³-hybridized carbons (Fsp3) is 0.250. The minimum Gasteiger partial charge on any atom is -0.169 e. The van der Waals surface area contributed by atoms with Gasteiger partial charge in [0.1, 0.15) is 4.83 Å². The summed E-state index contributed by atoms with van der Waals surface area (Å²) in [5.41, 5.74) is -0.0271. The fourth-order valence-electron chi connectivity index (χ4n) is 0.910. The first-order valence-electron chi connectivity index (χ1n) is 3.58. The van der Waals surface area contributed by atoms with Crippen LogP contribution in [0.3, 0.4) is 0 Å². The van der Waals surface area contributed by atoms with E-state index in [1.807, 2.05) is 0 Å². The molecule has 0 radical (unpaired) electrons. The largest absolute Gasteiger partial charge is 0.405 e. The molecule has 0 aliphatic rings. The third-order valence-electron chi connectivity index (χ3n) is 1.59. The number of alkyl halides is 4. The van der Waals surface area contributed by atoms with Crippen LogP contribution in [0.2, 0.25) is 10.0 Å². The number of hydrogen-bond donors (Lipinski definition) is 0. The first kappa shape index (κ1) is 13.6.